The highest BCUT2D eigenvalue weighted by Crippen LogP contribution is 2.19. The highest BCUT2D eigenvalue weighted by atomic mass is 79.9. The van der Waals surface area contributed by atoms with Gasteiger partial charge in [-0.1, -0.05) is 28.1 Å². The molecule has 3 nitrogen and oxygen atoms in total. The highest BCUT2D eigenvalue weighted by molar-refractivity contribution is 9.10. The molecule has 0 saturated heterocycles. The Hall–Kier alpha value is -1.79. The molecular weight excluding hydrogens is 366 g/mol. The van der Waals surface area contributed by atoms with Gasteiger partial charge in [-0.3, -0.25) is 4.79 Å². The first-order valence-electron chi connectivity index (χ1n) is 7.03. The zero-order valence-electron chi connectivity index (χ0n) is 12.8. The lowest BCUT2D eigenvalue weighted by molar-refractivity contribution is 0.0938. The molecule has 0 radical (unpaired) electrons. The molecule has 0 bridgehead atoms. The minimum absolute atomic E-state index is 0.0314. The van der Waals surface area contributed by atoms with Crippen LogP contribution >= 0.6 is 15.9 Å². The molecule has 1 N–H and O–H groups in total. The molecule has 0 spiro atoms. The van der Waals surface area contributed by atoms with Gasteiger partial charge < -0.3 is 10.2 Å². The van der Waals surface area contributed by atoms with Crippen LogP contribution < -0.4 is 5.32 Å². The summed E-state index contributed by atoms with van der Waals surface area (Å²) in [5.41, 5.74) is 0.709. The number of likely N-dealkylation sites (N-methyl/N-ethyl adjacent to an activating group) is 1. The molecule has 0 aliphatic heterocycles. The van der Waals surface area contributed by atoms with Gasteiger partial charge >= 0.3 is 0 Å². The van der Waals surface area contributed by atoms with Gasteiger partial charge in [-0.2, -0.15) is 0 Å². The molecule has 0 fully saturated rings. The number of hydrogen-bond acceptors (Lipinski definition) is 2. The lowest BCUT2D eigenvalue weighted by atomic mass is 10.1. The molecule has 6 heteroatoms. The summed E-state index contributed by atoms with van der Waals surface area (Å²) in [6.45, 7) is 0.237. The van der Waals surface area contributed by atoms with Crippen molar-refractivity contribution in [3.63, 3.8) is 0 Å². The van der Waals surface area contributed by atoms with Crippen molar-refractivity contribution in [2.75, 3.05) is 20.6 Å². The number of nitrogens with zero attached hydrogens (tertiary/aromatic N) is 1. The van der Waals surface area contributed by atoms with E-state index < -0.39 is 11.7 Å². The van der Waals surface area contributed by atoms with Crippen molar-refractivity contribution in [3.05, 3.63) is 69.7 Å². The molecule has 1 unspecified atom stereocenters. The minimum atomic E-state index is -0.585. The van der Waals surface area contributed by atoms with Gasteiger partial charge in [0.05, 0.1) is 11.6 Å². The lowest BCUT2D eigenvalue weighted by Crippen LogP contribution is -2.35. The monoisotopic (exact) mass is 382 g/mol. The van der Waals surface area contributed by atoms with E-state index in [4.69, 9.17) is 0 Å². The van der Waals surface area contributed by atoms with Crippen LogP contribution in [0.1, 0.15) is 22.0 Å². The zero-order chi connectivity index (χ0) is 17.0. The second-order valence-electron chi connectivity index (χ2n) is 5.37. The quantitative estimate of drug-likeness (QED) is 0.853. The number of hydrogen-bond donors (Lipinski definition) is 1. The number of nitrogens with one attached hydrogen (secondary N) is 1. The van der Waals surface area contributed by atoms with Crippen molar-refractivity contribution in [2.24, 2.45) is 0 Å². The predicted molar refractivity (Wildman–Crippen MR) is 89.3 cm³/mol. The molecule has 0 aliphatic rings. The van der Waals surface area contributed by atoms with Gasteiger partial charge in [-0.05, 0) is 50.0 Å². The first-order valence-corrected chi connectivity index (χ1v) is 7.83. The average molecular weight is 383 g/mol. The molecule has 23 heavy (non-hydrogen) atoms. The summed E-state index contributed by atoms with van der Waals surface area (Å²) in [5.74, 6) is -1.43. The van der Waals surface area contributed by atoms with E-state index >= 15 is 0 Å². The van der Waals surface area contributed by atoms with Gasteiger partial charge in [0.1, 0.15) is 11.6 Å². The summed E-state index contributed by atoms with van der Waals surface area (Å²) in [6, 6.07) is 10.2. The Balaban J connectivity index is 2.13. The third kappa shape index (κ3) is 4.59. The van der Waals surface area contributed by atoms with E-state index in [9.17, 15) is 13.6 Å². The number of halogens is 3. The van der Waals surface area contributed by atoms with Crippen molar-refractivity contribution < 1.29 is 13.6 Å². The second kappa shape index (κ2) is 7.66. The van der Waals surface area contributed by atoms with Crippen molar-refractivity contribution >= 4 is 21.8 Å². The fourth-order valence-electron chi connectivity index (χ4n) is 2.27. The van der Waals surface area contributed by atoms with E-state index in [0.717, 1.165) is 5.56 Å². The minimum Gasteiger partial charge on any atom is -0.350 e. The average Bonchev–Trinajstić information content (AvgIpc) is 2.49. The Kier molecular flexibility index (Phi) is 5.85. The number of carbonyl (C=O) groups excluding carboxylic acids is 1. The summed E-state index contributed by atoms with van der Waals surface area (Å²) in [7, 11) is 3.67. The first kappa shape index (κ1) is 17.6. The third-order valence-electron chi connectivity index (χ3n) is 3.49. The number of benzene rings is 2. The Morgan fingerprint density at radius 2 is 1.96 bits per heavy atom. The van der Waals surface area contributed by atoms with Crippen LogP contribution in [0.25, 0.3) is 0 Å². The van der Waals surface area contributed by atoms with E-state index in [2.05, 4.69) is 21.2 Å². The maximum Gasteiger partial charge on any atom is 0.254 e. The molecule has 0 aliphatic carbocycles. The molecule has 2 aromatic carbocycles. The SMILES string of the molecule is CN(C)C(CNC(=O)c1cc(Br)ccc1F)c1cccc(F)c1. The van der Waals surface area contributed by atoms with Crippen LogP contribution in [-0.2, 0) is 0 Å². The van der Waals surface area contributed by atoms with Crippen LogP contribution in [0, 0.1) is 11.6 Å². The zero-order valence-corrected chi connectivity index (χ0v) is 14.4. The van der Waals surface area contributed by atoms with Gasteiger partial charge in [0.25, 0.3) is 5.91 Å². The molecule has 1 amide bonds. The van der Waals surface area contributed by atoms with Gasteiger partial charge in [-0.25, -0.2) is 8.78 Å². The Bertz CT molecular complexity index is 707. The summed E-state index contributed by atoms with van der Waals surface area (Å²) in [5, 5.41) is 2.70. The van der Waals surface area contributed by atoms with Crippen LogP contribution in [0.4, 0.5) is 8.78 Å². The maximum atomic E-state index is 13.7. The van der Waals surface area contributed by atoms with Crippen molar-refractivity contribution in [2.45, 2.75) is 6.04 Å². The van der Waals surface area contributed by atoms with E-state index in [1.165, 1.54) is 30.3 Å². The predicted octanol–water partition coefficient (Wildman–Crippen LogP) is 3.76. The normalized spacial score (nSPS) is 12.3. The van der Waals surface area contributed by atoms with E-state index in [0.29, 0.717) is 4.47 Å². The van der Waals surface area contributed by atoms with E-state index in [1.807, 2.05) is 19.0 Å². The van der Waals surface area contributed by atoms with Crippen LogP contribution in [-0.4, -0.2) is 31.4 Å². The van der Waals surface area contributed by atoms with Crippen LogP contribution in [0.2, 0.25) is 0 Å². The van der Waals surface area contributed by atoms with Crippen molar-refractivity contribution in [1.82, 2.24) is 10.2 Å². The molecule has 0 aromatic heterocycles. The molecule has 0 saturated carbocycles. The number of amides is 1. The molecule has 0 heterocycles. The van der Waals surface area contributed by atoms with Gasteiger partial charge in [0, 0.05) is 11.0 Å². The third-order valence-corrected chi connectivity index (χ3v) is 3.98. The summed E-state index contributed by atoms with van der Waals surface area (Å²) < 4.78 is 27.8. The summed E-state index contributed by atoms with van der Waals surface area (Å²) in [6.07, 6.45) is 0. The Labute approximate surface area is 142 Å². The smallest absolute Gasteiger partial charge is 0.254 e. The summed E-state index contributed by atoms with van der Waals surface area (Å²) >= 11 is 3.22. The Morgan fingerprint density at radius 1 is 1.22 bits per heavy atom. The molecule has 122 valence electrons. The standard InChI is InChI=1S/C17H17BrF2N2O/c1-22(2)16(11-4-3-5-13(19)8-11)10-21-17(23)14-9-12(18)6-7-15(14)20/h3-9,16H,10H2,1-2H3,(H,21,23). The number of rotatable bonds is 5. The Morgan fingerprint density at radius 3 is 2.61 bits per heavy atom. The molecule has 2 rings (SSSR count). The first-order chi connectivity index (χ1) is 10.9. The van der Waals surface area contributed by atoms with Gasteiger partial charge in [0.2, 0.25) is 0 Å². The topological polar surface area (TPSA) is 32.3 Å². The van der Waals surface area contributed by atoms with Crippen molar-refractivity contribution in [3.8, 4) is 0 Å². The maximum absolute atomic E-state index is 13.7. The highest BCUT2D eigenvalue weighted by Gasteiger charge is 2.18. The van der Waals surface area contributed by atoms with E-state index in [1.54, 1.807) is 12.1 Å². The summed E-state index contributed by atoms with van der Waals surface area (Å²) in [4.78, 5) is 14.0. The van der Waals surface area contributed by atoms with Crippen molar-refractivity contribution in [1.29, 1.82) is 0 Å². The van der Waals surface area contributed by atoms with Crippen LogP contribution in [0.5, 0.6) is 0 Å². The van der Waals surface area contributed by atoms with E-state index in [-0.39, 0.29) is 24.0 Å². The molecule has 2 aromatic rings. The van der Waals surface area contributed by atoms with Gasteiger partial charge in [0.15, 0.2) is 0 Å². The molecule has 1 atom stereocenters. The van der Waals surface area contributed by atoms with Crippen LogP contribution in [0.3, 0.4) is 0 Å². The fraction of sp³-hybridized carbons (Fsp3) is 0.235. The van der Waals surface area contributed by atoms with Crippen LogP contribution in [0.15, 0.2) is 46.9 Å². The largest absolute Gasteiger partial charge is 0.350 e. The lowest BCUT2D eigenvalue weighted by Gasteiger charge is -2.25. The number of carbonyl (C=O) groups is 1. The molecular formula is C17H17BrF2N2O. The second-order valence-corrected chi connectivity index (χ2v) is 6.28. The fourth-order valence-corrected chi connectivity index (χ4v) is 2.63. The van der Waals surface area contributed by atoms with Gasteiger partial charge in [-0.15, -0.1) is 0 Å².